The highest BCUT2D eigenvalue weighted by atomic mass is 16.5. The van der Waals surface area contributed by atoms with Gasteiger partial charge in [-0.25, -0.2) is 0 Å². The lowest BCUT2D eigenvalue weighted by Gasteiger charge is -2.15. The summed E-state index contributed by atoms with van der Waals surface area (Å²) >= 11 is 0. The van der Waals surface area contributed by atoms with Crippen LogP contribution in [0.2, 0.25) is 0 Å². The van der Waals surface area contributed by atoms with Crippen molar-refractivity contribution in [2.75, 3.05) is 20.3 Å². The molecule has 7 heteroatoms. The van der Waals surface area contributed by atoms with Crippen molar-refractivity contribution in [3.8, 4) is 11.5 Å². The molecule has 2 aromatic rings. The topological polar surface area (TPSA) is 78.8 Å². The van der Waals surface area contributed by atoms with Crippen LogP contribution in [0.25, 0.3) is 0 Å². The quantitative estimate of drug-likeness (QED) is 0.803. The van der Waals surface area contributed by atoms with Crippen LogP contribution in [-0.2, 0) is 18.3 Å². The molecule has 1 aliphatic heterocycles. The Kier molecular flexibility index (Phi) is 6.13. The van der Waals surface area contributed by atoms with E-state index in [-0.39, 0.29) is 17.6 Å². The third-order valence-corrected chi connectivity index (χ3v) is 4.50. The van der Waals surface area contributed by atoms with E-state index < -0.39 is 0 Å². The summed E-state index contributed by atoms with van der Waals surface area (Å²) in [5.74, 6) is 0.952. The molecule has 0 spiro atoms. The molecule has 0 bridgehead atoms. The van der Waals surface area contributed by atoms with Crippen LogP contribution < -0.4 is 20.3 Å². The molecule has 0 aliphatic carbocycles. The largest absolute Gasteiger partial charge is 0.493 e. The molecule has 1 aromatic heterocycles. The van der Waals surface area contributed by atoms with E-state index in [0.29, 0.717) is 30.2 Å². The van der Waals surface area contributed by atoms with Crippen LogP contribution in [0.4, 0.5) is 0 Å². The lowest BCUT2D eigenvalue weighted by Crippen LogP contribution is -2.25. The minimum atomic E-state index is -0.301. The van der Waals surface area contributed by atoms with Gasteiger partial charge in [-0.15, -0.1) is 0 Å². The average Bonchev–Trinajstić information content (AvgIpc) is 3.20. The molecule has 1 unspecified atom stereocenters. The van der Waals surface area contributed by atoms with Crippen LogP contribution in [0.1, 0.15) is 28.8 Å². The Morgan fingerprint density at radius 1 is 1.30 bits per heavy atom. The summed E-state index contributed by atoms with van der Waals surface area (Å²) in [5.41, 5.74) is 0.979. The zero-order valence-electron chi connectivity index (χ0n) is 15.6. The van der Waals surface area contributed by atoms with E-state index in [1.165, 1.54) is 10.6 Å². The summed E-state index contributed by atoms with van der Waals surface area (Å²) in [5, 5.41) is 2.81. The number of nitrogens with one attached hydrogen (secondary N) is 1. The second kappa shape index (κ2) is 8.73. The molecule has 1 fully saturated rings. The number of aromatic nitrogens is 1. The zero-order valence-corrected chi connectivity index (χ0v) is 15.6. The summed E-state index contributed by atoms with van der Waals surface area (Å²) in [6, 6.07) is 8.46. The van der Waals surface area contributed by atoms with Crippen LogP contribution in [0, 0.1) is 0 Å². The van der Waals surface area contributed by atoms with E-state index in [0.717, 1.165) is 25.0 Å². The molecule has 7 nitrogen and oxygen atoms in total. The lowest BCUT2D eigenvalue weighted by atomic mass is 10.2. The number of hydrogen-bond acceptors (Lipinski definition) is 5. The number of ether oxygens (including phenoxy) is 3. The van der Waals surface area contributed by atoms with Gasteiger partial charge in [0.25, 0.3) is 11.5 Å². The molecular formula is C20H24N2O5. The summed E-state index contributed by atoms with van der Waals surface area (Å²) in [6.45, 7) is 1.60. The maximum atomic E-state index is 12.2. The number of benzene rings is 1. The number of rotatable bonds is 7. The molecule has 1 atom stereocenters. The van der Waals surface area contributed by atoms with Crippen molar-refractivity contribution in [1.29, 1.82) is 0 Å². The number of methoxy groups -OCH3 is 1. The van der Waals surface area contributed by atoms with E-state index in [4.69, 9.17) is 14.2 Å². The number of carbonyl (C=O) groups excluding carboxylic acids is 1. The first-order chi connectivity index (χ1) is 13.1. The van der Waals surface area contributed by atoms with Crippen molar-refractivity contribution in [2.45, 2.75) is 25.5 Å². The number of hydrogen-bond donors (Lipinski definition) is 1. The highest BCUT2D eigenvalue weighted by Crippen LogP contribution is 2.29. The van der Waals surface area contributed by atoms with Gasteiger partial charge in [-0.2, -0.15) is 0 Å². The van der Waals surface area contributed by atoms with Crippen molar-refractivity contribution in [3.63, 3.8) is 0 Å². The fraction of sp³-hybridized carbons (Fsp3) is 0.400. The molecule has 2 heterocycles. The fourth-order valence-electron chi connectivity index (χ4n) is 2.87. The van der Waals surface area contributed by atoms with Crippen LogP contribution >= 0.6 is 0 Å². The Bertz CT molecular complexity index is 856. The molecule has 3 rings (SSSR count). The molecule has 1 saturated heterocycles. The summed E-state index contributed by atoms with van der Waals surface area (Å²) in [4.78, 5) is 23.9. The third kappa shape index (κ3) is 4.89. The third-order valence-electron chi connectivity index (χ3n) is 4.50. The fourth-order valence-corrected chi connectivity index (χ4v) is 2.87. The van der Waals surface area contributed by atoms with Crippen LogP contribution in [0.3, 0.4) is 0 Å². The molecular weight excluding hydrogens is 348 g/mol. The molecule has 0 saturated carbocycles. The Hall–Kier alpha value is -2.80. The van der Waals surface area contributed by atoms with Crippen molar-refractivity contribution < 1.29 is 19.0 Å². The van der Waals surface area contributed by atoms with Gasteiger partial charge in [0.1, 0.15) is 6.61 Å². The van der Waals surface area contributed by atoms with Crippen molar-refractivity contribution in [2.24, 2.45) is 7.05 Å². The second-order valence-corrected chi connectivity index (χ2v) is 6.48. The van der Waals surface area contributed by atoms with E-state index in [2.05, 4.69) is 5.32 Å². The maximum absolute atomic E-state index is 12.2. The smallest absolute Gasteiger partial charge is 0.251 e. The molecule has 144 valence electrons. The average molecular weight is 372 g/mol. The number of aryl methyl sites for hydroxylation is 1. The highest BCUT2D eigenvalue weighted by Gasteiger charge is 2.17. The van der Waals surface area contributed by atoms with Crippen molar-refractivity contribution >= 4 is 5.91 Å². The molecule has 27 heavy (non-hydrogen) atoms. The molecule has 1 aromatic carbocycles. The Balaban J connectivity index is 1.60. The monoisotopic (exact) mass is 372 g/mol. The predicted octanol–water partition coefficient (Wildman–Crippen LogP) is 1.88. The van der Waals surface area contributed by atoms with E-state index >= 15 is 0 Å². The van der Waals surface area contributed by atoms with Crippen LogP contribution in [-0.4, -0.2) is 36.9 Å². The van der Waals surface area contributed by atoms with Gasteiger partial charge in [0.2, 0.25) is 0 Å². The zero-order chi connectivity index (χ0) is 19.2. The van der Waals surface area contributed by atoms with E-state index in [1.54, 1.807) is 26.4 Å². The first-order valence-electron chi connectivity index (χ1n) is 8.93. The number of nitrogens with zero attached hydrogens (tertiary/aromatic N) is 1. The number of carbonyl (C=O) groups is 1. The second-order valence-electron chi connectivity index (χ2n) is 6.48. The van der Waals surface area contributed by atoms with E-state index in [9.17, 15) is 9.59 Å². The van der Waals surface area contributed by atoms with Gasteiger partial charge in [0.05, 0.1) is 13.2 Å². The van der Waals surface area contributed by atoms with Crippen molar-refractivity contribution in [3.05, 3.63) is 58.0 Å². The summed E-state index contributed by atoms with van der Waals surface area (Å²) in [7, 11) is 3.22. The Morgan fingerprint density at radius 2 is 2.15 bits per heavy atom. The van der Waals surface area contributed by atoms with Gasteiger partial charge >= 0.3 is 0 Å². The van der Waals surface area contributed by atoms with Gasteiger partial charge in [-0.3, -0.25) is 9.59 Å². The SMILES string of the molecule is COc1cc(CNC(=O)c2ccn(C)c(=O)c2)ccc1OCC1CCCO1. The highest BCUT2D eigenvalue weighted by molar-refractivity contribution is 5.93. The van der Waals surface area contributed by atoms with E-state index in [1.807, 2.05) is 18.2 Å². The minimum absolute atomic E-state index is 0.132. The number of amides is 1. The first-order valence-corrected chi connectivity index (χ1v) is 8.93. The predicted molar refractivity (Wildman–Crippen MR) is 100 cm³/mol. The van der Waals surface area contributed by atoms with Gasteiger partial charge < -0.3 is 24.1 Å². The lowest BCUT2D eigenvalue weighted by molar-refractivity contribution is 0.0669. The van der Waals surface area contributed by atoms with Crippen LogP contribution in [0.15, 0.2) is 41.3 Å². The normalized spacial score (nSPS) is 16.1. The van der Waals surface area contributed by atoms with Gasteiger partial charge in [-0.05, 0) is 36.6 Å². The van der Waals surface area contributed by atoms with Gasteiger partial charge in [0, 0.05) is 38.0 Å². The minimum Gasteiger partial charge on any atom is -0.493 e. The van der Waals surface area contributed by atoms with Crippen LogP contribution in [0.5, 0.6) is 11.5 Å². The first kappa shape index (κ1) is 19.0. The van der Waals surface area contributed by atoms with Gasteiger partial charge in [0.15, 0.2) is 11.5 Å². The molecule has 1 N–H and O–H groups in total. The Labute approximate surface area is 157 Å². The summed E-state index contributed by atoms with van der Waals surface area (Å²) in [6.07, 6.45) is 3.78. The number of pyridine rings is 1. The molecule has 1 amide bonds. The maximum Gasteiger partial charge on any atom is 0.251 e. The molecule has 1 aliphatic rings. The summed E-state index contributed by atoms with van der Waals surface area (Å²) < 4.78 is 18.2. The molecule has 0 radical (unpaired) electrons. The Morgan fingerprint density at radius 3 is 2.85 bits per heavy atom. The van der Waals surface area contributed by atoms with Crippen molar-refractivity contribution in [1.82, 2.24) is 9.88 Å². The van der Waals surface area contributed by atoms with Gasteiger partial charge in [-0.1, -0.05) is 6.07 Å². The standard InChI is InChI=1S/C20H24N2O5/c1-22-8-7-15(11-19(22)23)20(24)21-12-14-5-6-17(18(10-14)25-2)27-13-16-4-3-9-26-16/h5-8,10-11,16H,3-4,9,12-13H2,1-2H3,(H,21,24).